The minimum Gasteiger partial charge on any atom is -0.493 e. The summed E-state index contributed by atoms with van der Waals surface area (Å²) in [6, 6.07) is 11.6. The molecule has 2 aromatic rings. The van der Waals surface area contributed by atoms with Crippen molar-refractivity contribution in [3.63, 3.8) is 0 Å². The number of nitrogens with one attached hydrogen (secondary N) is 1. The van der Waals surface area contributed by atoms with E-state index >= 15 is 0 Å². The zero-order chi connectivity index (χ0) is 25.1. The summed E-state index contributed by atoms with van der Waals surface area (Å²) >= 11 is 0. The summed E-state index contributed by atoms with van der Waals surface area (Å²) in [5.74, 6) is -0.349. The van der Waals surface area contributed by atoms with Gasteiger partial charge < -0.3 is 19.5 Å². The molecule has 2 aromatic carbocycles. The number of ether oxygens (including phenoxy) is 3. The molecule has 1 N–H and O–H groups in total. The molecule has 1 aliphatic heterocycles. The lowest BCUT2D eigenvalue weighted by atomic mass is 9.71. The fraction of sp³-hybridized carbons (Fsp3) is 0.357. The van der Waals surface area contributed by atoms with Gasteiger partial charge in [-0.1, -0.05) is 25.1 Å². The topological polar surface area (TPSA) is 73.9 Å². The van der Waals surface area contributed by atoms with Gasteiger partial charge in [-0.05, 0) is 61.1 Å². The van der Waals surface area contributed by atoms with Crippen molar-refractivity contribution in [2.24, 2.45) is 0 Å². The SMILES string of the molecule is CCCOC(=O)C1=C(C)NC2=C(C(=O)C[C@@H](c3ccc(OC)c(OC)c3)C2)[C@@H]1c1ccc(F)cc1. The van der Waals surface area contributed by atoms with E-state index in [0.717, 1.165) is 11.3 Å². The van der Waals surface area contributed by atoms with Crippen LogP contribution < -0.4 is 14.8 Å². The number of Topliss-reactive ketones (excluding diaryl/α,β-unsaturated/α-hetero) is 1. The molecule has 6 nitrogen and oxygen atoms in total. The minimum absolute atomic E-state index is 0.0545. The number of methoxy groups -OCH3 is 2. The fourth-order valence-corrected chi connectivity index (χ4v) is 4.91. The van der Waals surface area contributed by atoms with E-state index in [1.54, 1.807) is 26.4 Å². The molecule has 4 rings (SSSR count). The van der Waals surface area contributed by atoms with Crippen molar-refractivity contribution < 1.29 is 28.2 Å². The molecule has 0 radical (unpaired) electrons. The molecule has 0 unspecified atom stereocenters. The summed E-state index contributed by atoms with van der Waals surface area (Å²) in [6.07, 6.45) is 1.56. The van der Waals surface area contributed by atoms with E-state index in [1.807, 2.05) is 32.0 Å². The number of carbonyl (C=O) groups excluding carboxylic acids is 2. The second kappa shape index (κ2) is 10.3. The van der Waals surface area contributed by atoms with Gasteiger partial charge in [0.15, 0.2) is 17.3 Å². The largest absolute Gasteiger partial charge is 0.493 e. The highest BCUT2D eigenvalue weighted by Gasteiger charge is 2.41. The molecule has 7 heteroatoms. The average molecular weight is 480 g/mol. The highest BCUT2D eigenvalue weighted by Crippen LogP contribution is 2.46. The Bertz CT molecular complexity index is 1200. The number of hydrogen-bond donors (Lipinski definition) is 1. The van der Waals surface area contributed by atoms with Gasteiger partial charge in [-0.3, -0.25) is 4.79 Å². The number of halogens is 1. The Kier molecular flexibility index (Phi) is 7.24. The smallest absolute Gasteiger partial charge is 0.336 e. The summed E-state index contributed by atoms with van der Waals surface area (Å²) in [7, 11) is 3.16. The van der Waals surface area contributed by atoms with Crippen LogP contribution in [0, 0.1) is 5.82 Å². The Labute approximate surface area is 204 Å². The van der Waals surface area contributed by atoms with Crippen LogP contribution in [0.4, 0.5) is 4.39 Å². The number of dihydropyridines is 1. The lowest BCUT2D eigenvalue weighted by Gasteiger charge is -2.36. The second-order valence-corrected chi connectivity index (χ2v) is 8.82. The van der Waals surface area contributed by atoms with Crippen molar-refractivity contribution in [1.82, 2.24) is 5.32 Å². The van der Waals surface area contributed by atoms with E-state index in [-0.39, 0.29) is 30.5 Å². The summed E-state index contributed by atoms with van der Waals surface area (Å²) in [6.45, 7) is 4.02. The van der Waals surface area contributed by atoms with Crippen molar-refractivity contribution in [1.29, 1.82) is 0 Å². The number of allylic oxidation sites excluding steroid dienone is 3. The Morgan fingerprint density at radius 3 is 2.37 bits per heavy atom. The van der Waals surface area contributed by atoms with Gasteiger partial charge in [0.1, 0.15) is 5.82 Å². The van der Waals surface area contributed by atoms with Gasteiger partial charge >= 0.3 is 5.97 Å². The van der Waals surface area contributed by atoms with Gasteiger partial charge in [0, 0.05) is 29.3 Å². The molecule has 35 heavy (non-hydrogen) atoms. The Morgan fingerprint density at radius 2 is 1.71 bits per heavy atom. The lowest BCUT2D eigenvalue weighted by molar-refractivity contribution is -0.139. The maximum absolute atomic E-state index is 13.7. The van der Waals surface area contributed by atoms with Crippen molar-refractivity contribution in [2.75, 3.05) is 20.8 Å². The van der Waals surface area contributed by atoms with Crippen LogP contribution in [-0.4, -0.2) is 32.6 Å². The number of esters is 1. The van der Waals surface area contributed by atoms with Crippen LogP contribution in [0.25, 0.3) is 0 Å². The highest BCUT2D eigenvalue weighted by molar-refractivity contribution is 6.04. The Balaban J connectivity index is 1.75. The van der Waals surface area contributed by atoms with Crippen LogP contribution in [0.2, 0.25) is 0 Å². The van der Waals surface area contributed by atoms with Crippen molar-refractivity contribution in [3.8, 4) is 11.5 Å². The normalized spacial score (nSPS) is 19.7. The van der Waals surface area contributed by atoms with Crippen LogP contribution >= 0.6 is 0 Å². The highest BCUT2D eigenvalue weighted by atomic mass is 19.1. The number of hydrogen-bond acceptors (Lipinski definition) is 6. The molecule has 0 bridgehead atoms. The predicted molar refractivity (Wildman–Crippen MR) is 130 cm³/mol. The molecule has 0 saturated heterocycles. The molecular formula is C28H30FNO5. The van der Waals surface area contributed by atoms with Crippen LogP contribution in [0.5, 0.6) is 11.5 Å². The molecule has 1 aliphatic carbocycles. The number of benzene rings is 2. The van der Waals surface area contributed by atoms with Gasteiger partial charge in [0.05, 0.1) is 26.4 Å². The summed E-state index contributed by atoms with van der Waals surface area (Å²) < 4.78 is 30.0. The van der Waals surface area contributed by atoms with Crippen LogP contribution in [0.15, 0.2) is 65.0 Å². The van der Waals surface area contributed by atoms with Gasteiger partial charge in [-0.25, -0.2) is 9.18 Å². The van der Waals surface area contributed by atoms with E-state index < -0.39 is 11.9 Å². The third kappa shape index (κ3) is 4.81. The molecule has 2 atom stereocenters. The van der Waals surface area contributed by atoms with Gasteiger partial charge in [-0.2, -0.15) is 0 Å². The van der Waals surface area contributed by atoms with E-state index in [9.17, 15) is 14.0 Å². The van der Waals surface area contributed by atoms with Crippen molar-refractivity contribution in [2.45, 2.75) is 44.9 Å². The maximum Gasteiger partial charge on any atom is 0.336 e. The molecular weight excluding hydrogens is 449 g/mol. The fourth-order valence-electron chi connectivity index (χ4n) is 4.91. The first-order valence-electron chi connectivity index (χ1n) is 11.8. The van der Waals surface area contributed by atoms with Crippen LogP contribution in [0.1, 0.15) is 56.1 Å². The van der Waals surface area contributed by atoms with Crippen molar-refractivity contribution >= 4 is 11.8 Å². The molecule has 0 spiro atoms. The van der Waals surface area contributed by atoms with E-state index in [2.05, 4.69) is 5.32 Å². The van der Waals surface area contributed by atoms with Gasteiger partial charge in [-0.15, -0.1) is 0 Å². The minimum atomic E-state index is -0.616. The number of carbonyl (C=O) groups is 2. The monoisotopic (exact) mass is 479 g/mol. The number of rotatable bonds is 7. The third-order valence-corrected chi connectivity index (χ3v) is 6.57. The quantitative estimate of drug-likeness (QED) is 0.553. The van der Waals surface area contributed by atoms with Gasteiger partial charge in [0.25, 0.3) is 0 Å². The van der Waals surface area contributed by atoms with E-state index in [4.69, 9.17) is 14.2 Å². The van der Waals surface area contributed by atoms with E-state index in [1.165, 1.54) is 12.1 Å². The standard InChI is InChI=1S/C28H30FNO5/c1-5-12-35-28(32)25-16(2)30-21-13-19(18-8-11-23(33-3)24(15-18)34-4)14-22(31)27(21)26(25)17-6-9-20(29)10-7-17/h6-11,15,19,26,30H,5,12-14H2,1-4H3/t19-,26+/m0/s1. The zero-order valence-corrected chi connectivity index (χ0v) is 20.4. The Morgan fingerprint density at radius 1 is 1.03 bits per heavy atom. The predicted octanol–water partition coefficient (Wildman–Crippen LogP) is 5.16. The molecule has 0 saturated carbocycles. The maximum atomic E-state index is 13.7. The first kappa shape index (κ1) is 24.5. The average Bonchev–Trinajstić information content (AvgIpc) is 2.86. The lowest BCUT2D eigenvalue weighted by Crippen LogP contribution is -2.36. The first-order chi connectivity index (χ1) is 16.9. The molecule has 1 heterocycles. The molecule has 0 fully saturated rings. The summed E-state index contributed by atoms with van der Waals surface area (Å²) in [5, 5.41) is 3.33. The number of ketones is 1. The molecule has 184 valence electrons. The van der Waals surface area contributed by atoms with Crippen LogP contribution in [0.3, 0.4) is 0 Å². The molecule has 0 aromatic heterocycles. The zero-order valence-electron chi connectivity index (χ0n) is 20.4. The van der Waals surface area contributed by atoms with E-state index in [0.29, 0.717) is 46.7 Å². The molecule has 0 amide bonds. The Hall–Kier alpha value is -3.61. The summed E-state index contributed by atoms with van der Waals surface area (Å²) in [5.41, 5.74) is 4.00. The van der Waals surface area contributed by atoms with Crippen LogP contribution in [-0.2, 0) is 14.3 Å². The summed E-state index contributed by atoms with van der Waals surface area (Å²) in [4.78, 5) is 26.7. The molecule has 2 aliphatic rings. The van der Waals surface area contributed by atoms with Gasteiger partial charge in [0.2, 0.25) is 0 Å². The van der Waals surface area contributed by atoms with Crippen molar-refractivity contribution in [3.05, 3.63) is 81.9 Å². The first-order valence-corrected chi connectivity index (χ1v) is 11.8. The third-order valence-electron chi connectivity index (χ3n) is 6.57. The second-order valence-electron chi connectivity index (χ2n) is 8.82.